The van der Waals surface area contributed by atoms with Crippen molar-refractivity contribution < 1.29 is 4.79 Å². The minimum Gasteiger partial charge on any atom is -0.312 e. The van der Waals surface area contributed by atoms with Crippen molar-refractivity contribution in [2.24, 2.45) is 4.99 Å². The molecule has 1 aliphatic heterocycles. The number of amidine groups is 1. The molecule has 3 nitrogen and oxygen atoms in total. The molecule has 0 unspecified atom stereocenters. The van der Waals surface area contributed by atoms with E-state index in [1.165, 1.54) is 10.5 Å². The standard InChI is InChI=1S/C13H16N2OS/c1-9-4-6-10(7-5-9)17-8-11-14-12(16)13(2,3)15-11/h4-7H,8H2,1-3H3,(H,14,15,16). The fraction of sp³-hybridized carbons (Fsp3) is 0.385. The number of nitrogens with zero attached hydrogens (tertiary/aromatic N) is 1. The first-order valence-electron chi connectivity index (χ1n) is 5.57. The largest absolute Gasteiger partial charge is 0.312 e. The molecule has 0 aromatic heterocycles. The number of rotatable bonds is 3. The molecule has 1 heterocycles. The summed E-state index contributed by atoms with van der Waals surface area (Å²) in [5.41, 5.74) is 0.644. The molecule has 0 bridgehead atoms. The summed E-state index contributed by atoms with van der Waals surface area (Å²) in [6, 6.07) is 8.34. The lowest BCUT2D eigenvalue weighted by Crippen LogP contribution is -2.34. The van der Waals surface area contributed by atoms with E-state index in [2.05, 4.69) is 41.5 Å². The number of aliphatic imine (C=N–C) groups is 1. The van der Waals surface area contributed by atoms with E-state index in [-0.39, 0.29) is 5.91 Å². The van der Waals surface area contributed by atoms with Crippen LogP contribution in [-0.2, 0) is 4.79 Å². The Morgan fingerprint density at radius 1 is 1.29 bits per heavy atom. The summed E-state index contributed by atoms with van der Waals surface area (Å²) in [4.78, 5) is 17.1. The number of aryl methyl sites for hydroxylation is 1. The number of carbonyl (C=O) groups excluding carboxylic acids is 1. The van der Waals surface area contributed by atoms with Crippen molar-refractivity contribution in [2.45, 2.75) is 31.2 Å². The zero-order valence-corrected chi connectivity index (χ0v) is 11.1. The molecule has 1 N–H and O–H groups in total. The van der Waals surface area contributed by atoms with E-state index in [1.54, 1.807) is 11.8 Å². The fourth-order valence-electron chi connectivity index (χ4n) is 1.55. The minimum atomic E-state index is -0.608. The van der Waals surface area contributed by atoms with Crippen LogP contribution in [0.25, 0.3) is 0 Å². The Bertz CT molecular complexity index is 463. The highest BCUT2D eigenvalue weighted by Gasteiger charge is 2.33. The monoisotopic (exact) mass is 248 g/mol. The third kappa shape index (κ3) is 2.88. The van der Waals surface area contributed by atoms with Crippen LogP contribution in [0.2, 0.25) is 0 Å². The summed E-state index contributed by atoms with van der Waals surface area (Å²) < 4.78 is 0. The van der Waals surface area contributed by atoms with Crippen molar-refractivity contribution in [1.29, 1.82) is 0 Å². The van der Waals surface area contributed by atoms with E-state index in [1.807, 2.05) is 13.8 Å². The van der Waals surface area contributed by atoms with Gasteiger partial charge in [-0.3, -0.25) is 9.79 Å². The normalized spacial score (nSPS) is 17.8. The summed E-state index contributed by atoms with van der Waals surface area (Å²) in [5, 5.41) is 2.82. The molecule has 0 fully saturated rings. The third-order valence-electron chi connectivity index (χ3n) is 2.62. The summed E-state index contributed by atoms with van der Waals surface area (Å²) >= 11 is 1.68. The molecule has 2 rings (SSSR count). The molecule has 0 spiro atoms. The third-order valence-corrected chi connectivity index (χ3v) is 3.65. The highest BCUT2D eigenvalue weighted by molar-refractivity contribution is 8.00. The Morgan fingerprint density at radius 3 is 2.47 bits per heavy atom. The van der Waals surface area contributed by atoms with Crippen LogP contribution in [0.5, 0.6) is 0 Å². The van der Waals surface area contributed by atoms with Gasteiger partial charge in [-0.05, 0) is 32.9 Å². The summed E-state index contributed by atoms with van der Waals surface area (Å²) in [5.74, 6) is 1.46. The number of carbonyl (C=O) groups is 1. The van der Waals surface area contributed by atoms with Gasteiger partial charge in [0.15, 0.2) is 0 Å². The van der Waals surface area contributed by atoms with E-state index in [9.17, 15) is 4.79 Å². The lowest BCUT2D eigenvalue weighted by molar-refractivity contribution is -0.122. The Hall–Kier alpha value is -1.29. The zero-order valence-electron chi connectivity index (χ0n) is 10.3. The van der Waals surface area contributed by atoms with Crippen LogP contribution in [0.4, 0.5) is 0 Å². The Balaban J connectivity index is 1.96. The predicted octanol–water partition coefficient (Wildman–Crippen LogP) is 2.39. The van der Waals surface area contributed by atoms with Gasteiger partial charge in [-0.15, -0.1) is 11.8 Å². The van der Waals surface area contributed by atoms with Crippen molar-refractivity contribution in [2.75, 3.05) is 5.75 Å². The quantitative estimate of drug-likeness (QED) is 0.834. The molecular formula is C13H16N2OS. The van der Waals surface area contributed by atoms with Gasteiger partial charge in [0.05, 0.1) is 5.75 Å². The molecule has 1 aromatic carbocycles. The molecular weight excluding hydrogens is 232 g/mol. The first kappa shape index (κ1) is 12.2. The molecule has 0 saturated carbocycles. The molecule has 1 amide bonds. The van der Waals surface area contributed by atoms with Gasteiger partial charge in [0.2, 0.25) is 0 Å². The summed E-state index contributed by atoms with van der Waals surface area (Å²) in [7, 11) is 0. The summed E-state index contributed by atoms with van der Waals surface area (Å²) in [6.07, 6.45) is 0. The molecule has 0 aliphatic carbocycles. The van der Waals surface area contributed by atoms with Crippen LogP contribution in [-0.4, -0.2) is 23.0 Å². The van der Waals surface area contributed by atoms with Gasteiger partial charge in [0, 0.05) is 4.90 Å². The second-order valence-corrected chi connectivity index (χ2v) is 5.72. The van der Waals surface area contributed by atoms with Gasteiger partial charge in [-0.2, -0.15) is 0 Å². The van der Waals surface area contributed by atoms with Crippen LogP contribution < -0.4 is 5.32 Å². The molecule has 0 atom stereocenters. The summed E-state index contributed by atoms with van der Waals surface area (Å²) in [6.45, 7) is 5.72. The van der Waals surface area contributed by atoms with Crippen molar-refractivity contribution in [1.82, 2.24) is 5.32 Å². The first-order chi connectivity index (χ1) is 7.97. The van der Waals surface area contributed by atoms with Gasteiger partial charge >= 0.3 is 0 Å². The van der Waals surface area contributed by atoms with Crippen LogP contribution >= 0.6 is 11.8 Å². The highest BCUT2D eigenvalue weighted by atomic mass is 32.2. The van der Waals surface area contributed by atoms with Gasteiger partial charge in [-0.1, -0.05) is 17.7 Å². The van der Waals surface area contributed by atoms with Gasteiger partial charge < -0.3 is 5.32 Å². The maximum Gasteiger partial charge on any atom is 0.252 e. The average molecular weight is 248 g/mol. The predicted molar refractivity (Wildman–Crippen MR) is 71.6 cm³/mol. The van der Waals surface area contributed by atoms with E-state index in [0.29, 0.717) is 5.75 Å². The van der Waals surface area contributed by atoms with Crippen molar-refractivity contribution in [3.05, 3.63) is 29.8 Å². The molecule has 17 heavy (non-hydrogen) atoms. The molecule has 90 valence electrons. The second kappa shape index (κ2) is 4.53. The van der Waals surface area contributed by atoms with Crippen LogP contribution in [0.1, 0.15) is 19.4 Å². The molecule has 1 aliphatic rings. The van der Waals surface area contributed by atoms with E-state index < -0.39 is 5.54 Å². The number of hydrogen-bond donors (Lipinski definition) is 1. The Morgan fingerprint density at radius 2 is 1.94 bits per heavy atom. The fourth-order valence-corrected chi connectivity index (χ4v) is 2.32. The molecule has 4 heteroatoms. The zero-order chi connectivity index (χ0) is 12.5. The number of nitrogens with one attached hydrogen (secondary N) is 1. The SMILES string of the molecule is Cc1ccc(SCC2=NC(C)(C)C(=O)N2)cc1. The maximum atomic E-state index is 11.5. The number of benzene rings is 1. The van der Waals surface area contributed by atoms with Crippen molar-refractivity contribution in [3.63, 3.8) is 0 Å². The lowest BCUT2D eigenvalue weighted by Gasteiger charge is -2.07. The van der Waals surface area contributed by atoms with Gasteiger partial charge in [0.1, 0.15) is 11.4 Å². The Labute approximate surface area is 106 Å². The second-order valence-electron chi connectivity index (χ2n) is 4.67. The van der Waals surface area contributed by atoms with Crippen LogP contribution in [0.3, 0.4) is 0 Å². The van der Waals surface area contributed by atoms with Crippen LogP contribution in [0, 0.1) is 6.92 Å². The average Bonchev–Trinajstić information content (AvgIpc) is 2.52. The lowest BCUT2D eigenvalue weighted by atomic mass is 10.1. The number of hydrogen-bond acceptors (Lipinski definition) is 3. The van der Waals surface area contributed by atoms with Gasteiger partial charge in [-0.25, -0.2) is 0 Å². The van der Waals surface area contributed by atoms with Crippen molar-refractivity contribution in [3.8, 4) is 0 Å². The number of thioether (sulfide) groups is 1. The number of amides is 1. The van der Waals surface area contributed by atoms with Gasteiger partial charge in [0.25, 0.3) is 5.91 Å². The molecule has 0 saturated heterocycles. The minimum absolute atomic E-state index is 0.0167. The first-order valence-corrected chi connectivity index (χ1v) is 6.55. The topological polar surface area (TPSA) is 41.5 Å². The van der Waals surface area contributed by atoms with Crippen LogP contribution in [0.15, 0.2) is 34.2 Å². The molecule has 1 aromatic rings. The van der Waals surface area contributed by atoms with Crippen molar-refractivity contribution >= 4 is 23.5 Å². The van der Waals surface area contributed by atoms with E-state index in [0.717, 1.165) is 5.84 Å². The Kier molecular flexibility index (Phi) is 3.24. The highest BCUT2D eigenvalue weighted by Crippen LogP contribution is 2.21. The smallest absolute Gasteiger partial charge is 0.252 e. The maximum absolute atomic E-state index is 11.5. The molecule has 0 radical (unpaired) electrons. The van der Waals surface area contributed by atoms with E-state index >= 15 is 0 Å². The van der Waals surface area contributed by atoms with E-state index in [4.69, 9.17) is 0 Å².